The lowest BCUT2D eigenvalue weighted by Gasteiger charge is -2.26. The molecule has 0 radical (unpaired) electrons. The molecule has 3 aromatic rings. The van der Waals surface area contributed by atoms with Gasteiger partial charge in [-0.3, -0.25) is 10.2 Å². The number of hydrazine groups is 2. The summed E-state index contributed by atoms with van der Waals surface area (Å²) in [4.78, 5) is 17.1. The van der Waals surface area contributed by atoms with Crippen molar-refractivity contribution in [2.45, 2.75) is 6.10 Å². The van der Waals surface area contributed by atoms with Gasteiger partial charge in [0.2, 0.25) is 0 Å². The first-order valence-corrected chi connectivity index (χ1v) is 9.39. The van der Waals surface area contributed by atoms with Crippen molar-refractivity contribution in [3.63, 3.8) is 0 Å². The zero-order chi connectivity index (χ0) is 20.5. The summed E-state index contributed by atoms with van der Waals surface area (Å²) in [5.41, 5.74) is 11.0. The van der Waals surface area contributed by atoms with Crippen LogP contribution in [0.5, 0.6) is 5.75 Å². The Morgan fingerprint density at radius 3 is 2.70 bits per heavy atom. The first-order valence-electron chi connectivity index (χ1n) is 9.39. The maximum absolute atomic E-state index is 14.4. The van der Waals surface area contributed by atoms with E-state index in [0.717, 1.165) is 5.69 Å². The van der Waals surface area contributed by atoms with Gasteiger partial charge < -0.3 is 20.2 Å². The van der Waals surface area contributed by atoms with E-state index in [1.54, 1.807) is 36.4 Å². The van der Waals surface area contributed by atoms with E-state index in [4.69, 9.17) is 9.47 Å². The van der Waals surface area contributed by atoms with E-state index in [-0.39, 0.29) is 11.7 Å². The lowest BCUT2D eigenvalue weighted by atomic mass is 10.1. The monoisotopic (exact) mass is 407 g/mol. The third kappa shape index (κ3) is 3.63. The molecule has 2 aromatic carbocycles. The van der Waals surface area contributed by atoms with Crippen LogP contribution in [0.15, 0.2) is 54.6 Å². The molecule has 9 heteroatoms. The molecule has 0 atom stereocenters. The topological polar surface area (TPSA) is 96.5 Å². The van der Waals surface area contributed by atoms with Crippen LogP contribution in [-0.4, -0.2) is 30.2 Å². The summed E-state index contributed by atoms with van der Waals surface area (Å²) < 4.78 is 25.1. The number of aromatic nitrogens is 1. The van der Waals surface area contributed by atoms with Crippen molar-refractivity contribution >= 4 is 23.1 Å². The average Bonchev–Trinajstić information content (AvgIpc) is 3.20. The fraction of sp³-hybridized carbons (Fsp3) is 0.143. The fourth-order valence-corrected chi connectivity index (χ4v) is 3.12. The minimum absolute atomic E-state index is 0.0639. The molecule has 1 saturated heterocycles. The van der Waals surface area contributed by atoms with E-state index in [1.807, 2.05) is 6.07 Å². The van der Waals surface area contributed by atoms with Crippen molar-refractivity contribution in [1.82, 2.24) is 10.5 Å². The lowest BCUT2D eigenvalue weighted by Crippen LogP contribution is -2.38. The van der Waals surface area contributed by atoms with Crippen molar-refractivity contribution in [3.8, 4) is 17.0 Å². The predicted molar refractivity (Wildman–Crippen MR) is 110 cm³/mol. The predicted octanol–water partition coefficient (Wildman–Crippen LogP) is 3.17. The van der Waals surface area contributed by atoms with Crippen LogP contribution in [0.4, 0.5) is 21.6 Å². The van der Waals surface area contributed by atoms with Gasteiger partial charge in [-0.05, 0) is 54.6 Å². The van der Waals surface area contributed by atoms with Gasteiger partial charge in [-0.25, -0.2) is 9.37 Å². The molecule has 0 spiro atoms. The summed E-state index contributed by atoms with van der Waals surface area (Å²) in [7, 11) is 0. The SMILES string of the molecule is O=C(Nc1ccc(OC2COC2)cc1)c1cc(-c2ccc3c(n2)NNN3)ccc1F. The van der Waals surface area contributed by atoms with Crippen molar-refractivity contribution in [2.24, 2.45) is 0 Å². The molecule has 5 rings (SSSR count). The highest BCUT2D eigenvalue weighted by molar-refractivity contribution is 6.05. The zero-order valence-corrected chi connectivity index (χ0v) is 15.7. The molecule has 2 aliphatic heterocycles. The highest BCUT2D eigenvalue weighted by Crippen LogP contribution is 2.28. The van der Waals surface area contributed by atoms with Crippen LogP contribution in [0, 0.1) is 5.82 Å². The molecule has 0 saturated carbocycles. The largest absolute Gasteiger partial charge is 0.486 e. The molecular formula is C21H18FN5O3. The minimum Gasteiger partial charge on any atom is -0.486 e. The first kappa shape index (κ1) is 18.3. The van der Waals surface area contributed by atoms with Gasteiger partial charge >= 0.3 is 0 Å². The normalized spacial score (nSPS) is 14.8. The number of carbonyl (C=O) groups is 1. The van der Waals surface area contributed by atoms with Gasteiger partial charge in [0.15, 0.2) is 5.82 Å². The number of fused-ring (bicyclic) bond motifs is 1. The Balaban J connectivity index is 1.33. The van der Waals surface area contributed by atoms with Gasteiger partial charge in [-0.15, -0.1) is 5.53 Å². The minimum atomic E-state index is -0.608. The van der Waals surface area contributed by atoms with E-state index >= 15 is 0 Å². The van der Waals surface area contributed by atoms with E-state index in [0.29, 0.717) is 41.7 Å². The quantitative estimate of drug-likeness (QED) is 0.516. The second kappa shape index (κ2) is 7.62. The standard InChI is InChI=1S/C21H18FN5O3/c22-17-6-1-12(18-7-8-19-20(24-18)26-27-25-19)9-16(17)21(28)23-13-2-4-14(5-3-13)30-15-10-29-11-15/h1-9,15,25,27H,10-11H2,(H,23,28)(H,24,26). The number of nitrogens with one attached hydrogen (secondary N) is 4. The van der Waals surface area contributed by atoms with Gasteiger partial charge in [0.1, 0.15) is 17.7 Å². The number of halogens is 1. The van der Waals surface area contributed by atoms with Crippen molar-refractivity contribution in [3.05, 3.63) is 66.0 Å². The molecule has 0 unspecified atom stereocenters. The van der Waals surface area contributed by atoms with Crippen LogP contribution in [0.25, 0.3) is 11.3 Å². The highest BCUT2D eigenvalue weighted by Gasteiger charge is 2.20. The zero-order valence-electron chi connectivity index (χ0n) is 15.7. The Morgan fingerprint density at radius 1 is 1.10 bits per heavy atom. The highest BCUT2D eigenvalue weighted by atomic mass is 19.1. The second-order valence-corrected chi connectivity index (χ2v) is 6.92. The Bertz CT molecular complexity index is 1100. The first-order chi connectivity index (χ1) is 14.7. The summed E-state index contributed by atoms with van der Waals surface area (Å²) in [6, 6.07) is 14.9. The van der Waals surface area contributed by atoms with Crippen LogP contribution in [0.2, 0.25) is 0 Å². The Hall–Kier alpha value is -3.69. The third-order valence-electron chi connectivity index (χ3n) is 4.80. The van der Waals surface area contributed by atoms with Gasteiger partial charge in [0, 0.05) is 11.3 Å². The van der Waals surface area contributed by atoms with E-state index in [9.17, 15) is 9.18 Å². The van der Waals surface area contributed by atoms with Crippen LogP contribution >= 0.6 is 0 Å². The number of amides is 1. The Labute approximate surface area is 171 Å². The molecule has 1 amide bonds. The smallest absolute Gasteiger partial charge is 0.258 e. The molecule has 0 aliphatic carbocycles. The fourth-order valence-electron chi connectivity index (χ4n) is 3.12. The molecule has 1 aromatic heterocycles. The molecule has 2 aliphatic rings. The van der Waals surface area contributed by atoms with Crippen LogP contribution in [-0.2, 0) is 4.74 Å². The molecule has 1 fully saturated rings. The van der Waals surface area contributed by atoms with Crippen molar-refractivity contribution < 1.29 is 18.7 Å². The van der Waals surface area contributed by atoms with E-state index in [1.165, 1.54) is 12.1 Å². The summed E-state index contributed by atoms with van der Waals surface area (Å²) in [6.07, 6.45) is 0.0665. The second-order valence-electron chi connectivity index (χ2n) is 6.92. The molecule has 30 heavy (non-hydrogen) atoms. The third-order valence-corrected chi connectivity index (χ3v) is 4.80. The number of hydrogen-bond donors (Lipinski definition) is 4. The molecular weight excluding hydrogens is 389 g/mol. The Kier molecular flexibility index (Phi) is 4.66. The number of rotatable bonds is 5. The number of benzene rings is 2. The van der Waals surface area contributed by atoms with Crippen molar-refractivity contribution in [1.29, 1.82) is 0 Å². The average molecular weight is 407 g/mol. The Morgan fingerprint density at radius 2 is 1.93 bits per heavy atom. The number of carbonyl (C=O) groups excluding carboxylic acids is 1. The summed E-state index contributed by atoms with van der Waals surface area (Å²) >= 11 is 0. The molecule has 4 N–H and O–H groups in total. The number of hydrogen-bond acceptors (Lipinski definition) is 7. The van der Waals surface area contributed by atoms with Gasteiger partial charge in [-0.1, -0.05) is 0 Å². The number of anilines is 3. The maximum Gasteiger partial charge on any atom is 0.258 e. The van der Waals surface area contributed by atoms with E-state index < -0.39 is 11.7 Å². The molecule has 0 bridgehead atoms. The number of pyridine rings is 1. The van der Waals surface area contributed by atoms with Crippen LogP contribution in [0.3, 0.4) is 0 Å². The summed E-state index contributed by atoms with van der Waals surface area (Å²) in [5.74, 6) is 0.162. The number of nitrogens with zero attached hydrogens (tertiary/aromatic N) is 1. The van der Waals surface area contributed by atoms with E-state index in [2.05, 4.69) is 26.7 Å². The van der Waals surface area contributed by atoms with Gasteiger partial charge in [0.05, 0.1) is 30.2 Å². The van der Waals surface area contributed by atoms with Crippen LogP contribution in [0.1, 0.15) is 10.4 Å². The van der Waals surface area contributed by atoms with Crippen LogP contribution < -0.4 is 26.4 Å². The summed E-state index contributed by atoms with van der Waals surface area (Å²) in [6.45, 7) is 1.16. The molecule has 3 heterocycles. The number of ether oxygens (including phenoxy) is 2. The maximum atomic E-state index is 14.4. The van der Waals surface area contributed by atoms with Gasteiger partial charge in [-0.2, -0.15) is 0 Å². The lowest BCUT2D eigenvalue weighted by molar-refractivity contribution is -0.0796. The molecule has 8 nitrogen and oxygen atoms in total. The van der Waals surface area contributed by atoms with Crippen molar-refractivity contribution in [2.75, 3.05) is 29.4 Å². The summed E-state index contributed by atoms with van der Waals surface area (Å²) in [5, 5.41) is 2.72. The van der Waals surface area contributed by atoms with Gasteiger partial charge in [0.25, 0.3) is 5.91 Å². The molecule has 152 valence electrons.